The summed E-state index contributed by atoms with van der Waals surface area (Å²) in [6.07, 6.45) is 2.65. The molecule has 5 nitrogen and oxygen atoms in total. The van der Waals surface area contributed by atoms with Gasteiger partial charge in [-0.3, -0.25) is 9.36 Å². The highest BCUT2D eigenvalue weighted by Crippen LogP contribution is 2.23. The first kappa shape index (κ1) is 14.0. The molecule has 0 N–H and O–H groups in total. The topological polar surface area (TPSA) is 47.4 Å². The lowest BCUT2D eigenvalue weighted by Crippen LogP contribution is -2.36. The maximum atomic E-state index is 10.9. The molecular weight excluding hydrogens is 290 g/mol. The molecule has 0 unspecified atom stereocenters. The lowest BCUT2D eigenvalue weighted by atomic mass is 10.2. The molecule has 0 amide bonds. The maximum Gasteiger partial charge on any atom is 0.150 e. The average Bonchev–Trinajstić information content (AvgIpc) is 3.05. The summed E-state index contributed by atoms with van der Waals surface area (Å²) in [5.41, 5.74) is 4.72. The van der Waals surface area contributed by atoms with Crippen molar-refractivity contribution in [1.82, 2.24) is 9.55 Å². The Bertz CT molecular complexity index is 850. The molecule has 3 aromatic rings. The maximum absolute atomic E-state index is 10.9. The molecule has 1 aromatic heterocycles. The van der Waals surface area contributed by atoms with Crippen molar-refractivity contribution in [2.75, 3.05) is 31.2 Å². The van der Waals surface area contributed by atoms with E-state index in [2.05, 4.69) is 34.1 Å². The van der Waals surface area contributed by atoms with E-state index in [0.717, 1.165) is 49.3 Å². The van der Waals surface area contributed by atoms with Crippen molar-refractivity contribution in [3.05, 3.63) is 54.4 Å². The largest absolute Gasteiger partial charge is 0.378 e. The predicted molar refractivity (Wildman–Crippen MR) is 89.5 cm³/mol. The average molecular weight is 307 g/mol. The van der Waals surface area contributed by atoms with Gasteiger partial charge >= 0.3 is 0 Å². The second kappa shape index (κ2) is 5.85. The van der Waals surface area contributed by atoms with Crippen molar-refractivity contribution < 1.29 is 9.53 Å². The van der Waals surface area contributed by atoms with Crippen LogP contribution in [0, 0.1) is 0 Å². The van der Waals surface area contributed by atoms with E-state index in [1.54, 1.807) is 6.33 Å². The zero-order valence-corrected chi connectivity index (χ0v) is 12.7. The molecule has 0 saturated carbocycles. The fourth-order valence-corrected chi connectivity index (χ4v) is 2.97. The van der Waals surface area contributed by atoms with Gasteiger partial charge in [0.15, 0.2) is 0 Å². The Morgan fingerprint density at radius 3 is 2.70 bits per heavy atom. The van der Waals surface area contributed by atoms with Crippen molar-refractivity contribution in [3.8, 4) is 5.69 Å². The number of aromatic nitrogens is 2. The third-order valence-electron chi connectivity index (χ3n) is 4.19. The number of rotatable bonds is 3. The summed E-state index contributed by atoms with van der Waals surface area (Å²) in [5.74, 6) is 0. The zero-order valence-electron chi connectivity index (χ0n) is 12.7. The van der Waals surface area contributed by atoms with Crippen LogP contribution in [-0.2, 0) is 4.74 Å². The van der Waals surface area contributed by atoms with E-state index < -0.39 is 0 Å². The van der Waals surface area contributed by atoms with Crippen LogP contribution in [0.3, 0.4) is 0 Å². The van der Waals surface area contributed by atoms with Gasteiger partial charge < -0.3 is 9.64 Å². The molecular formula is C18H17N3O2. The van der Waals surface area contributed by atoms with Crippen molar-refractivity contribution in [2.24, 2.45) is 0 Å². The Kier molecular flexibility index (Phi) is 3.55. The van der Waals surface area contributed by atoms with Gasteiger partial charge in [0.05, 0.1) is 24.2 Å². The molecule has 4 rings (SSSR count). The van der Waals surface area contributed by atoms with Gasteiger partial charge in [-0.25, -0.2) is 4.98 Å². The zero-order chi connectivity index (χ0) is 15.6. The quantitative estimate of drug-likeness (QED) is 0.698. The molecule has 23 heavy (non-hydrogen) atoms. The SMILES string of the molecule is O=Cc1ccc2c(c1)ncn2-c1cccc(N2CCOCC2)c1. The molecule has 5 heteroatoms. The standard InChI is InChI=1S/C18H17N3O2/c22-12-14-4-5-18-17(10-14)19-13-21(18)16-3-1-2-15(11-16)20-6-8-23-9-7-20/h1-5,10-13H,6-9H2. The minimum atomic E-state index is 0.643. The Hall–Kier alpha value is -2.66. The molecule has 0 spiro atoms. The number of hydrogen-bond acceptors (Lipinski definition) is 4. The fraction of sp³-hybridized carbons (Fsp3) is 0.222. The number of carbonyl (C=O) groups is 1. The number of carbonyl (C=O) groups excluding carboxylic acids is 1. The van der Waals surface area contributed by atoms with Crippen LogP contribution in [0.1, 0.15) is 10.4 Å². The number of ether oxygens (including phenoxy) is 1. The van der Waals surface area contributed by atoms with E-state index in [-0.39, 0.29) is 0 Å². The molecule has 1 saturated heterocycles. The molecule has 0 bridgehead atoms. The number of morpholine rings is 1. The molecule has 0 atom stereocenters. The van der Waals surface area contributed by atoms with Gasteiger partial charge in [-0.1, -0.05) is 6.07 Å². The first-order valence-corrected chi connectivity index (χ1v) is 7.70. The van der Waals surface area contributed by atoms with E-state index in [0.29, 0.717) is 5.56 Å². The number of anilines is 1. The van der Waals surface area contributed by atoms with Gasteiger partial charge in [0.25, 0.3) is 0 Å². The summed E-state index contributed by atoms with van der Waals surface area (Å²) >= 11 is 0. The molecule has 0 aliphatic carbocycles. The third kappa shape index (κ3) is 2.59. The number of nitrogens with zero attached hydrogens (tertiary/aromatic N) is 3. The van der Waals surface area contributed by atoms with Crippen LogP contribution >= 0.6 is 0 Å². The van der Waals surface area contributed by atoms with E-state index in [9.17, 15) is 4.79 Å². The highest BCUT2D eigenvalue weighted by atomic mass is 16.5. The lowest BCUT2D eigenvalue weighted by molar-refractivity contribution is 0.112. The fourth-order valence-electron chi connectivity index (χ4n) is 2.97. The van der Waals surface area contributed by atoms with Gasteiger partial charge in [-0.05, 0) is 36.4 Å². The lowest BCUT2D eigenvalue weighted by Gasteiger charge is -2.29. The van der Waals surface area contributed by atoms with Crippen LogP contribution in [0.4, 0.5) is 5.69 Å². The monoisotopic (exact) mass is 307 g/mol. The van der Waals surface area contributed by atoms with Crippen molar-refractivity contribution in [3.63, 3.8) is 0 Å². The molecule has 0 radical (unpaired) electrons. The van der Waals surface area contributed by atoms with Gasteiger partial charge in [0.1, 0.15) is 12.6 Å². The van der Waals surface area contributed by atoms with Crippen LogP contribution in [0.5, 0.6) is 0 Å². The van der Waals surface area contributed by atoms with Crippen LogP contribution in [0.2, 0.25) is 0 Å². The summed E-state index contributed by atoms with van der Waals surface area (Å²) in [4.78, 5) is 17.6. The Morgan fingerprint density at radius 1 is 1.04 bits per heavy atom. The Balaban J connectivity index is 1.74. The number of fused-ring (bicyclic) bond motifs is 1. The molecule has 1 aliphatic heterocycles. The van der Waals surface area contributed by atoms with Gasteiger partial charge in [0.2, 0.25) is 0 Å². The third-order valence-corrected chi connectivity index (χ3v) is 4.19. The highest BCUT2D eigenvalue weighted by Gasteiger charge is 2.12. The number of hydrogen-bond donors (Lipinski definition) is 0. The molecule has 2 heterocycles. The molecule has 116 valence electrons. The molecule has 1 aliphatic rings. The van der Waals surface area contributed by atoms with Crippen molar-refractivity contribution in [2.45, 2.75) is 0 Å². The Labute approximate surface area is 134 Å². The summed E-state index contributed by atoms with van der Waals surface area (Å²) in [5, 5.41) is 0. The summed E-state index contributed by atoms with van der Waals surface area (Å²) in [6.45, 7) is 3.37. The second-order valence-corrected chi connectivity index (χ2v) is 5.60. The number of imidazole rings is 1. The first-order valence-electron chi connectivity index (χ1n) is 7.70. The summed E-state index contributed by atoms with van der Waals surface area (Å²) in [6, 6.07) is 14.0. The predicted octanol–water partition coefficient (Wildman–Crippen LogP) is 2.67. The summed E-state index contributed by atoms with van der Waals surface area (Å²) < 4.78 is 7.47. The Morgan fingerprint density at radius 2 is 1.87 bits per heavy atom. The van der Waals surface area contributed by atoms with E-state index in [4.69, 9.17) is 4.74 Å². The second-order valence-electron chi connectivity index (χ2n) is 5.60. The first-order chi connectivity index (χ1) is 11.3. The summed E-state index contributed by atoms with van der Waals surface area (Å²) in [7, 11) is 0. The van der Waals surface area contributed by atoms with Gasteiger partial charge in [-0.15, -0.1) is 0 Å². The van der Waals surface area contributed by atoms with Crippen molar-refractivity contribution >= 4 is 23.0 Å². The molecule has 1 fully saturated rings. The molecule has 2 aromatic carbocycles. The van der Waals surface area contributed by atoms with E-state index >= 15 is 0 Å². The number of benzene rings is 2. The van der Waals surface area contributed by atoms with E-state index in [1.807, 2.05) is 22.8 Å². The van der Waals surface area contributed by atoms with Crippen molar-refractivity contribution in [1.29, 1.82) is 0 Å². The van der Waals surface area contributed by atoms with Crippen LogP contribution in [0.15, 0.2) is 48.8 Å². The van der Waals surface area contributed by atoms with Crippen LogP contribution < -0.4 is 4.90 Å². The normalized spacial score (nSPS) is 15.0. The van der Waals surface area contributed by atoms with Crippen LogP contribution in [0.25, 0.3) is 16.7 Å². The minimum Gasteiger partial charge on any atom is -0.378 e. The smallest absolute Gasteiger partial charge is 0.150 e. The van der Waals surface area contributed by atoms with Gasteiger partial charge in [-0.2, -0.15) is 0 Å². The number of aldehydes is 1. The van der Waals surface area contributed by atoms with Crippen LogP contribution in [-0.4, -0.2) is 42.1 Å². The van der Waals surface area contributed by atoms with E-state index in [1.165, 1.54) is 5.69 Å². The van der Waals surface area contributed by atoms with Gasteiger partial charge in [0, 0.05) is 30.0 Å². The highest BCUT2D eigenvalue weighted by molar-refractivity contribution is 5.85. The minimum absolute atomic E-state index is 0.643.